The van der Waals surface area contributed by atoms with E-state index >= 15 is 0 Å². The summed E-state index contributed by atoms with van der Waals surface area (Å²) in [6.45, 7) is 3.97. The number of halogens is 6. The highest BCUT2D eigenvalue weighted by atomic mass is 19.4. The maximum Gasteiger partial charge on any atom is 0.417 e. The number of carbonyl (C=O) groups is 3. The first-order valence-electron chi connectivity index (χ1n) is 11.7. The van der Waals surface area contributed by atoms with E-state index in [1.54, 1.807) is 30.3 Å². The Labute approximate surface area is 220 Å². The van der Waals surface area contributed by atoms with Crippen LogP contribution in [0.1, 0.15) is 43.5 Å². The molecule has 0 radical (unpaired) electrons. The molecule has 39 heavy (non-hydrogen) atoms. The molecule has 1 aliphatic rings. The van der Waals surface area contributed by atoms with Crippen LogP contribution < -0.4 is 5.32 Å². The van der Waals surface area contributed by atoms with E-state index in [0.717, 1.165) is 12.1 Å². The monoisotopic (exact) mass is 560 g/mol. The number of alkyl halides is 6. The molecule has 1 N–H and O–H groups in total. The molecular weight excluding hydrogens is 534 g/mol. The number of carbonyl (C=O) groups excluding carboxylic acids is 3. The molecule has 3 atom stereocenters. The van der Waals surface area contributed by atoms with Gasteiger partial charge in [0.2, 0.25) is 5.91 Å². The number of nitrogens with one attached hydrogen (secondary N) is 1. The van der Waals surface area contributed by atoms with Gasteiger partial charge in [-0.25, -0.2) is 14.5 Å². The number of cyclic esters (lactones) is 1. The van der Waals surface area contributed by atoms with Gasteiger partial charge in [-0.3, -0.25) is 4.79 Å². The molecule has 2 aromatic rings. The van der Waals surface area contributed by atoms with Crippen LogP contribution in [-0.2, 0) is 26.9 Å². The average Bonchev–Trinajstić information content (AvgIpc) is 3.16. The molecule has 0 unspecified atom stereocenters. The molecular formula is C26H26F6N2O5. The lowest BCUT2D eigenvalue weighted by atomic mass is 9.89. The normalized spacial score (nSPS) is 17.8. The Hall–Kier alpha value is -3.77. The third-order valence-corrected chi connectivity index (χ3v) is 5.73. The topological polar surface area (TPSA) is 84.9 Å². The second-order valence-corrected chi connectivity index (χ2v) is 9.89. The Balaban J connectivity index is 2.04. The van der Waals surface area contributed by atoms with Gasteiger partial charge in [-0.1, -0.05) is 42.5 Å². The van der Waals surface area contributed by atoms with Crippen molar-refractivity contribution in [1.82, 2.24) is 10.2 Å². The first-order chi connectivity index (χ1) is 18.0. The molecule has 0 aliphatic carbocycles. The largest absolute Gasteiger partial charge is 0.447 e. The maximum atomic E-state index is 14.5. The van der Waals surface area contributed by atoms with E-state index in [1.807, 2.05) is 5.32 Å². The molecule has 1 saturated heterocycles. The smallest absolute Gasteiger partial charge is 0.417 e. The summed E-state index contributed by atoms with van der Waals surface area (Å²) in [4.78, 5) is 38.8. The lowest BCUT2D eigenvalue weighted by Crippen LogP contribution is -2.52. The van der Waals surface area contributed by atoms with Crippen LogP contribution in [0.15, 0.2) is 54.6 Å². The van der Waals surface area contributed by atoms with Gasteiger partial charge in [0.15, 0.2) is 5.92 Å². The van der Waals surface area contributed by atoms with Crippen LogP contribution >= 0.6 is 0 Å². The molecule has 0 saturated carbocycles. The van der Waals surface area contributed by atoms with Gasteiger partial charge < -0.3 is 14.8 Å². The fourth-order valence-corrected chi connectivity index (χ4v) is 4.06. The molecule has 1 fully saturated rings. The van der Waals surface area contributed by atoms with Crippen LogP contribution in [0, 0.1) is 5.92 Å². The van der Waals surface area contributed by atoms with Gasteiger partial charge >= 0.3 is 24.5 Å². The molecule has 212 valence electrons. The number of hydrogen-bond donors (Lipinski definition) is 1. The van der Waals surface area contributed by atoms with Gasteiger partial charge in [0.1, 0.15) is 12.2 Å². The van der Waals surface area contributed by atoms with E-state index in [-0.39, 0.29) is 13.0 Å². The molecule has 7 nitrogen and oxygen atoms in total. The second-order valence-electron chi connectivity index (χ2n) is 9.89. The average molecular weight is 560 g/mol. The number of rotatable bonds is 6. The first-order valence-corrected chi connectivity index (χ1v) is 11.7. The Morgan fingerprint density at radius 2 is 1.59 bits per heavy atom. The fourth-order valence-electron chi connectivity index (χ4n) is 4.06. The van der Waals surface area contributed by atoms with Crippen molar-refractivity contribution in [3.05, 3.63) is 71.3 Å². The lowest BCUT2D eigenvalue weighted by Gasteiger charge is -2.33. The number of alkyl carbamates (subject to hydrolysis) is 1. The number of ether oxygens (including phenoxy) is 2. The van der Waals surface area contributed by atoms with Gasteiger partial charge in [-0.15, -0.1) is 0 Å². The van der Waals surface area contributed by atoms with Crippen LogP contribution in [0.3, 0.4) is 0 Å². The van der Waals surface area contributed by atoms with Gasteiger partial charge in [0.05, 0.1) is 17.6 Å². The summed E-state index contributed by atoms with van der Waals surface area (Å²) in [5.41, 5.74) is -2.14. The minimum absolute atomic E-state index is 0.00661. The molecule has 1 aliphatic heterocycles. The Morgan fingerprint density at radius 3 is 2.10 bits per heavy atom. The van der Waals surface area contributed by atoms with Crippen molar-refractivity contribution in [3.63, 3.8) is 0 Å². The lowest BCUT2D eigenvalue weighted by molar-refractivity contribution is -0.193. The van der Waals surface area contributed by atoms with Crippen molar-refractivity contribution >= 4 is 18.1 Å². The third-order valence-electron chi connectivity index (χ3n) is 5.73. The predicted molar refractivity (Wildman–Crippen MR) is 125 cm³/mol. The van der Waals surface area contributed by atoms with Gasteiger partial charge in [0.25, 0.3) is 0 Å². The van der Waals surface area contributed by atoms with Crippen molar-refractivity contribution in [2.75, 3.05) is 6.61 Å². The highest BCUT2D eigenvalue weighted by molar-refractivity contribution is 5.96. The summed E-state index contributed by atoms with van der Waals surface area (Å²) in [6.07, 6.45) is -12.8. The third kappa shape index (κ3) is 7.64. The SMILES string of the molecule is CC(C)(C)OC(=O)N[C@@H](c1ccc(C(F)(F)F)cc1)[C@@H](C(=O)N1C(=O)OC[C@@H]1Cc1ccccc1)C(F)(F)F. The van der Waals surface area contributed by atoms with Crippen LogP contribution in [0.2, 0.25) is 0 Å². The van der Waals surface area contributed by atoms with Crippen LogP contribution in [-0.4, -0.2) is 47.4 Å². The minimum Gasteiger partial charge on any atom is -0.447 e. The number of amides is 3. The summed E-state index contributed by atoms with van der Waals surface area (Å²) < 4.78 is 92.7. The van der Waals surface area contributed by atoms with Gasteiger partial charge in [0, 0.05) is 0 Å². The predicted octanol–water partition coefficient (Wildman–Crippen LogP) is 6.04. The van der Waals surface area contributed by atoms with Crippen LogP contribution in [0.5, 0.6) is 0 Å². The Bertz CT molecular complexity index is 1180. The van der Waals surface area contributed by atoms with E-state index in [0.29, 0.717) is 22.6 Å². The standard InChI is InChI=1S/C26H26F6N2O5/c1-24(2,3)39-22(36)33-20(16-9-11-17(12-10-16)25(27,28)29)19(26(30,31)32)21(35)34-18(14-38-23(34)37)13-15-7-5-4-6-8-15/h4-12,18-20H,13-14H2,1-3H3,(H,33,36)/t18-,19-,20-/m0/s1. The molecule has 3 rings (SSSR count). The zero-order valence-electron chi connectivity index (χ0n) is 21.1. The molecule has 0 aromatic heterocycles. The Kier molecular flexibility index (Phi) is 8.51. The summed E-state index contributed by atoms with van der Waals surface area (Å²) in [6, 6.07) is 7.53. The van der Waals surface area contributed by atoms with Crippen LogP contribution in [0.25, 0.3) is 0 Å². The van der Waals surface area contributed by atoms with E-state index in [2.05, 4.69) is 0 Å². The number of nitrogens with zero attached hydrogens (tertiary/aromatic N) is 1. The van der Waals surface area contributed by atoms with E-state index in [1.165, 1.54) is 20.8 Å². The van der Waals surface area contributed by atoms with Crippen molar-refractivity contribution in [3.8, 4) is 0 Å². The zero-order valence-corrected chi connectivity index (χ0v) is 21.1. The van der Waals surface area contributed by atoms with Crippen molar-refractivity contribution in [2.45, 2.75) is 57.2 Å². The molecule has 1 heterocycles. The van der Waals surface area contributed by atoms with Crippen LogP contribution in [0.4, 0.5) is 35.9 Å². The summed E-state index contributed by atoms with van der Waals surface area (Å²) >= 11 is 0. The van der Waals surface area contributed by atoms with Crippen molar-refractivity contribution < 1.29 is 50.2 Å². The molecule has 13 heteroatoms. The molecule has 0 spiro atoms. The van der Waals surface area contributed by atoms with Crippen molar-refractivity contribution in [2.24, 2.45) is 5.92 Å². The highest BCUT2D eigenvalue weighted by Gasteiger charge is 2.55. The van der Waals surface area contributed by atoms with E-state index in [4.69, 9.17) is 9.47 Å². The molecule has 2 aromatic carbocycles. The summed E-state index contributed by atoms with van der Waals surface area (Å²) in [5.74, 6) is -4.79. The second kappa shape index (κ2) is 11.1. The van der Waals surface area contributed by atoms with Gasteiger partial charge in [-0.2, -0.15) is 26.3 Å². The van der Waals surface area contributed by atoms with E-state index < -0.39 is 65.2 Å². The number of hydrogen-bond acceptors (Lipinski definition) is 5. The quantitative estimate of drug-likeness (QED) is 0.436. The van der Waals surface area contributed by atoms with Crippen molar-refractivity contribution in [1.29, 1.82) is 0 Å². The first kappa shape index (κ1) is 29.8. The molecule has 3 amide bonds. The minimum atomic E-state index is -5.35. The maximum absolute atomic E-state index is 14.5. The van der Waals surface area contributed by atoms with E-state index in [9.17, 15) is 40.7 Å². The zero-order chi connectivity index (χ0) is 29.2. The molecule has 0 bridgehead atoms. The summed E-state index contributed by atoms with van der Waals surface area (Å²) in [5, 5.41) is 1.98. The summed E-state index contributed by atoms with van der Waals surface area (Å²) in [7, 11) is 0. The van der Waals surface area contributed by atoms with Gasteiger partial charge in [-0.05, 0) is 50.5 Å². The number of benzene rings is 2. The highest BCUT2D eigenvalue weighted by Crippen LogP contribution is 2.40. The Morgan fingerprint density at radius 1 is 1.00 bits per heavy atom. The fraction of sp³-hybridized carbons (Fsp3) is 0.423. The number of imide groups is 1.